The van der Waals surface area contributed by atoms with E-state index in [9.17, 15) is 0 Å². The fourth-order valence-corrected chi connectivity index (χ4v) is 4.52. The molecule has 0 aliphatic carbocycles. The second-order valence-corrected chi connectivity index (χ2v) is 8.77. The second-order valence-electron chi connectivity index (χ2n) is 8.77. The number of hydrogen-bond acceptors (Lipinski definition) is 2. The zero-order valence-corrected chi connectivity index (χ0v) is 17.0. The molecule has 2 aliphatic heterocycles. The molecule has 138 valence electrons. The molecule has 3 aromatic carbocycles. The van der Waals surface area contributed by atoms with Crippen LogP contribution in [0.3, 0.4) is 0 Å². The predicted octanol–water partition coefficient (Wildman–Crippen LogP) is 6.04. The van der Waals surface area contributed by atoms with Crippen molar-refractivity contribution in [3.05, 3.63) is 64.7 Å². The third kappa shape index (κ3) is 2.42. The molecule has 2 nitrogen and oxygen atoms in total. The Bertz CT molecular complexity index is 1190. The van der Waals surface area contributed by atoms with Gasteiger partial charge in [0.25, 0.3) is 0 Å². The van der Waals surface area contributed by atoms with Gasteiger partial charge in [0.15, 0.2) is 0 Å². The van der Waals surface area contributed by atoms with E-state index >= 15 is 0 Å². The lowest BCUT2D eigenvalue weighted by molar-refractivity contribution is 0.107. The molecule has 0 spiro atoms. The van der Waals surface area contributed by atoms with Crippen molar-refractivity contribution in [2.24, 2.45) is 0 Å². The molecule has 3 aromatic rings. The van der Waals surface area contributed by atoms with E-state index in [1.807, 2.05) is 13.0 Å². The van der Waals surface area contributed by atoms with Crippen LogP contribution in [0.2, 0.25) is 0 Å². The van der Waals surface area contributed by atoms with Crippen LogP contribution < -0.4 is 9.47 Å². The van der Waals surface area contributed by atoms with E-state index in [2.05, 4.69) is 70.2 Å². The Morgan fingerprint density at radius 3 is 2.36 bits per heavy atom. The Balaban J connectivity index is 2.01. The molecule has 0 saturated heterocycles. The summed E-state index contributed by atoms with van der Waals surface area (Å²) in [5.41, 5.74) is 5.70. The zero-order valence-electron chi connectivity index (χ0n) is 17.0. The quantitative estimate of drug-likeness (QED) is 0.452. The van der Waals surface area contributed by atoms with Gasteiger partial charge in [-0.2, -0.15) is 0 Å². The van der Waals surface area contributed by atoms with E-state index in [1.165, 1.54) is 22.3 Å². The van der Waals surface area contributed by atoms with Crippen molar-refractivity contribution >= 4 is 24.7 Å². The van der Waals surface area contributed by atoms with Gasteiger partial charge in [-0.25, -0.2) is 0 Å². The van der Waals surface area contributed by atoms with Crippen LogP contribution in [0.25, 0.3) is 28.0 Å². The third-order valence-corrected chi connectivity index (χ3v) is 5.73. The summed E-state index contributed by atoms with van der Waals surface area (Å²) in [7, 11) is 6.34. The summed E-state index contributed by atoms with van der Waals surface area (Å²) >= 11 is 0. The number of benzene rings is 3. The highest BCUT2D eigenvalue weighted by Gasteiger charge is 2.38. The number of hydrogen-bond donors (Lipinski definition) is 0. The Kier molecular flexibility index (Phi) is 3.39. The Morgan fingerprint density at radius 2 is 1.57 bits per heavy atom. The first kappa shape index (κ1) is 17.4. The number of fused-ring (bicyclic) bond motifs is 8. The fourth-order valence-electron chi connectivity index (χ4n) is 4.52. The lowest BCUT2D eigenvalue weighted by Crippen LogP contribution is -2.34. The van der Waals surface area contributed by atoms with Crippen molar-refractivity contribution in [1.82, 2.24) is 0 Å². The van der Waals surface area contributed by atoms with E-state index in [4.69, 9.17) is 17.3 Å². The molecule has 3 heteroatoms. The van der Waals surface area contributed by atoms with Crippen LogP contribution in [0.4, 0.5) is 0 Å². The summed E-state index contributed by atoms with van der Waals surface area (Å²) in [5, 5.41) is 2.24. The van der Waals surface area contributed by atoms with Gasteiger partial charge in [0.05, 0.1) is 5.50 Å². The van der Waals surface area contributed by atoms with Crippen molar-refractivity contribution in [2.75, 3.05) is 0 Å². The van der Waals surface area contributed by atoms with Crippen molar-refractivity contribution in [2.45, 2.75) is 45.7 Å². The molecule has 0 bridgehead atoms. The monoisotopic (exact) mass is 366 g/mol. The average molecular weight is 366 g/mol. The first-order valence-corrected chi connectivity index (χ1v) is 9.74. The van der Waals surface area contributed by atoms with Crippen molar-refractivity contribution in [3.63, 3.8) is 0 Å². The largest absolute Gasteiger partial charge is 0.492 e. The minimum absolute atomic E-state index is 0.461. The van der Waals surface area contributed by atoms with Gasteiger partial charge in [0, 0.05) is 27.6 Å². The maximum absolute atomic E-state index is 6.48. The molecule has 28 heavy (non-hydrogen) atoms. The average Bonchev–Trinajstić information content (AvgIpc) is 2.61. The van der Waals surface area contributed by atoms with Crippen LogP contribution in [-0.4, -0.2) is 13.3 Å². The Morgan fingerprint density at radius 1 is 0.857 bits per heavy atom. The van der Waals surface area contributed by atoms with Gasteiger partial charge in [-0.05, 0) is 58.2 Å². The maximum Gasteiger partial charge on any atom is 0.137 e. The molecular formula is C25H23BO2. The minimum Gasteiger partial charge on any atom is -0.492 e. The summed E-state index contributed by atoms with van der Waals surface area (Å²) in [6.45, 7) is 10.4. The summed E-state index contributed by atoms with van der Waals surface area (Å²) in [4.78, 5) is 0. The molecular weight excluding hydrogens is 343 g/mol. The van der Waals surface area contributed by atoms with Gasteiger partial charge in [0.1, 0.15) is 24.9 Å². The van der Waals surface area contributed by atoms with Crippen LogP contribution in [-0.2, 0) is 5.60 Å². The van der Waals surface area contributed by atoms with Gasteiger partial charge >= 0.3 is 0 Å². The van der Waals surface area contributed by atoms with Gasteiger partial charge in [-0.3, -0.25) is 0 Å². The summed E-state index contributed by atoms with van der Waals surface area (Å²) in [6, 6.07) is 12.9. The molecule has 2 radical (unpaired) electrons. The summed E-state index contributed by atoms with van der Waals surface area (Å²) in [5.74, 6) is 1.77. The maximum atomic E-state index is 6.48. The molecule has 5 rings (SSSR count). The number of ether oxygens (including phenoxy) is 2. The van der Waals surface area contributed by atoms with Crippen molar-refractivity contribution < 1.29 is 9.47 Å². The van der Waals surface area contributed by atoms with E-state index in [-0.39, 0.29) is 0 Å². The van der Waals surface area contributed by atoms with Crippen LogP contribution in [0.5, 0.6) is 11.5 Å². The molecule has 1 unspecified atom stereocenters. The predicted molar refractivity (Wildman–Crippen MR) is 116 cm³/mol. The lowest BCUT2D eigenvalue weighted by Gasteiger charge is -2.39. The van der Waals surface area contributed by atoms with Crippen LogP contribution in [0.15, 0.2) is 42.5 Å². The SMILES string of the molecule is [B]C1(C)C=Cc2c3c(c4ccc(C)cc4c2O1)C(C)(C)Oc1ccc(C)cc1-3. The molecule has 0 fully saturated rings. The molecule has 1 atom stereocenters. The Hall–Kier alpha value is -2.68. The molecule has 0 amide bonds. The van der Waals surface area contributed by atoms with Crippen molar-refractivity contribution in [3.8, 4) is 22.6 Å². The fraction of sp³-hybridized carbons (Fsp3) is 0.280. The highest BCUT2D eigenvalue weighted by atomic mass is 16.5. The highest BCUT2D eigenvalue weighted by Crippen LogP contribution is 2.54. The topological polar surface area (TPSA) is 18.5 Å². The smallest absolute Gasteiger partial charge is 0.137 e. The van der Waals surface area contributed by atoms with E-state index in [0.717, 1.165) is 33.4 Å². The summed E-state index contributed by atoms with van der Waals surface area (Å²) < 4.78 is 12.8. The van der Waals surface area contributed by atoms with Gasteiger partial charge < -0.3 is 9.47 Å². The zero-order chi connectivity index (χ0) is 19.8. The van der Waals surface area contributed by atoms with Gasteiger partial charge in [0.2, 0.25) is 0 Å². The molecule has 0 N–H and O–H groups in total. The third-order valence-electron chi connectivity index (χ3n) is 5.73. The van der Waals surface area contributed by atoms with Gasteiger partial charge in [-0.15, -0.1) is 0 Å². The summed E-state index contributed by atoms with van der Waals surface area (Å²) in [6.07, 6.45) is 4.06. The lowest BCUT2D eigenvalue weighted by atomic mass is 9.76. The molecule has 0 aromatic heterocycles. The standard InChI is InChI=1S/C25H23BO2/c1-14-6-8-16-18(12-14)23-17(10-11-25(5,26)28-23)21-19-13-15(2)7-9-20(19)27-24(3,4)22(16)21/h6-13H,1-5H3. The number of aryl methyl sites for hydroxylation is 2. The molecule has 2 heterocycles. The van der Waals surface area contributed by atoms with E-state index in [0.29, 0.717) is 0 Å². The van der Waals surface area contributed by atoms with Gasteiger partial charge in [-0.1, -0.05) is 41.5 Å². The molecule has 2 aliphatic rings. The van der Waals surface area contributed by atoms with Crippen LogP contribution in [0.1, 0.15) is 43.0 Å². The Labute approximate surface area is 167 Å². The highest BCUT2D eigenvalue weighted by molar-refractivity contribution is 6.17. The first-order valence-electron chi connectivity index (χ1n) is 9.74. The van der Waals surface area contributed by atoms with E-state index < -0.39 is 11.1 Å². The van der Waals surface area contributed by atoms with E-state index in [1.54, 1.807) is 0 Å². The minimum atomic E-state index is -0.825. The first-order chi connectivity index (χ1) is 13.2. The second kappa shape index (κ2) is 5.44. The van der Waals surface area contributed by atoms with Crippen molar-refractivity contribution in [1.29, 1.82) is 0 Å². The number of rotatable bonds is 0. The molecule has 0 saturated carbocycles. The normalized spacial score (nSPS) is 21.3. The van der Waals surface area contributed by atoms with Crippen LogP contribution >= 0.6 is 0 Å². The van der Waals surface area contributed by atoms with Crippen LogP contribution in [0, 0.1) is 13.8 Å².